The molecule has 88 valence electrons. The molecule has 0 radical (unpaired) electrons. The Kier molecular flexibility index (Phi) is 6.59. The predicted molar refractivity (Wildman–Crippen MR) is 61.2 cm³/mol. The summed E-state index contributed by atoms with van der Waals surface area (Å²) in [5.74, 6) is -2.47. The van der Waals surface area contributed by atoms with Crippen LogP contribution in [-0.4, -0.2) is 22.2 Å². The van der Waals surface area contributed by atoms with Gasteiger partial charge in [-0.1, -0.05) is 38.2 Å². The summed E-state index contributed by atoms with van der Waals surface area (Å²) in [6, 6.07) is 0. The number of carboxylic acids is 2. The minimum absolute atomic E-state index is 0.195. The van der Waals surface area contributed by atoms with E-state index in [1.807, 2.05) is 13.8 Å². The third-order valence-corrected chi connectivity index (χ3v) is 1.79. The van der Waals surface area contributed by atoms with E-state index in [1.165, 1.54) is 12.2 Å². The Labute approximate surface area is 94.6 Å². The maximum atomic E-state index is 10.9. The summed E-state index contributed by atoms with van der Waals surface area (Å²) in [5, 5.41) is 17.8. The number of rotatable bonds is 6. The number of carbonyl (C=O) groups is 2. The summed E-state index contributed by atoms with van der Waals surface area (Å²) in [4.78, 5) is 21.8. The average Bonchev–Trinajstić information content (AvgIpc) is 2.21. The first-order chi connectivity index (χ1) is 7.54. The van der Waals surface area contributed by atoms with Gasteiger partial charge in [0.05, 0.1) is 11.1 Å². The van der Waals surface area contributed by atoms with Crippen LogP contribution >= 0.6 is 0 Å². The topological polar surface area (TPSA) is 74.6 Å². The monoisotopic (exact) mass is 224 g/mol. The molecule has 2 N–H and O–H groups in total. The molecule has 0 heterocycles. The van der Waals surface area contributed by atoms with Crippen molar-refractivity contribution in [3.63, 3.8) is 0 Å². The van der Waals surface area contributed by atoms with Crippen LogP contribution in [0.15, 0.2) is 35.5 Å². The summed E-state index contributed by atoms with van der Waals surface area (Å²) in [7, 11) is 0. The number of hydrogen-bond acceptors (Lipinski definition) is 2. The molecule has 0 amide bonds. The average molecular weight is 224 g/mol. The van der Waals surface area contributed by atoms with Crippen molar-refractivity contribution in [3.8, 4) is 0 Å². The number of aliphatic carboxylic acids is 2. The molecular weight excluding hydrogens is 208 g/mol. The molecule has 0 atom stereocenters. The van der Waals surface area contributed by atoms with Crippen LogP contribution in [0.2, 0.25) is 0 Å². The van der Waals surface area contributed by atoms with E-state index in [9.17, 15) is 9.59 Å². The Morgan fingerprint density at radius 3 is 1.38 bits per heavy atom. The van der Waals surface area contributed by atoms with Gasteiger partial charge in [-0.15, -0.1) is 0 Å². The summed E-state index contributed by atoms with van der Waals surface area (Å²) in [6.07, 6.45) is 7.19. The second-order valence-corrected chi connectivity index (χ2v) is 3.06. The van der Waals surface area contributed by atoms with Gasteiger partial charge in [0.25, 0.3) is 0 Å². The first-order valence-corrected chi connectivity index (χ1v) is 5.08. The van der Waals surface area contributed by atoms with Gasteiger partial charge in [0.1, 0.15) is 0 Å². The molecule has 0 aliphatic rings. The van der Waals surface area contributed by atoms with Crippen LogP contribution in [0.1, 0.15) is 26.7 Å². The highest BCUT2D eigenvalue weighted by Gasteiger charge is 2.14. The third-order valence-electron chi connectivity index (χ3n) is 1.79. The SMILES string of the molecule is CCC=CC(C(=O)O)=C(C=CCC)C(=O)O. The molecule has 0 unspecified atom stereocenters. The Morgan fingerprint density at radius 1 is 0.875 bits per heavy atom. The Hall–Kier alpha value is -1.84. The van der Waals surface area contributed by atoms with Crippen LogP contribution in [-0.2, 0) is 9.59 Å². The van der Waals surface area contributed by atoms with Crippen molar-refractivity contribution in [1.82, 2.24) is 0 Å². The molecule has 0 spiro atoms. The second kappa shape index (κ2) is 7.45. The zero-order valence-corrected chi connectivity index (χ0v) is 9.43. The summed E-state index contributed by atoms with van der Waals surface area (Å²) in [5.41, 5.74) is -0.391. The van der Waals surface area contributed by atoms with Gasteiger partial charge >= 0.3 is 11.9 Å². The van der Waals surface area contributed by atoms with Gasteiger partial charge in [-0.25, -0.2) is 9.59 Å². The Morgan fingerprint density at radius 2 is 1.19 bits per heavy atom. The first kappa shape index (κ1) is 14.2. The predicted octanol–water partition coefficient (Wildman–Crippen LogP) is 2.38. The fraction of sp³-hybridized carbons (Fsp3) is 0.333. The van der Waals surface area contributed by atoms with E-state index in [0.29, 0.717) is 12.8 Å². The van der Waals surface area contributed by atoms with E-state index in [4.69, 9.17) is 10.2 Å². The van der Waals surface area contributed by atoms with Gasteiger partial charge in [-0.05, 0) is 12.8 Å². The van der Waals surface area contributed by atoms with Crippen LogP contribution < -0.4 is 0 Å². The van der Waals surface area contributed by atoms with Crippen molar-refractivity contribution in [3.05, 3.63) is 35.5 Å². The lowest BCUT2D eigenvalue weighted by Crippen LogP contribution is -2.08. The van der Waals surface area contributed by atoms with Gasteiger partial charge in [0.15, 0.2) is 0 Å². The van der Waals surface area contributed by atoms with E-state index in [1.54, 1.807) is 12.2 Å². The number of hydrogen-bond donors (Lipinski definition) is 2. The van der Waals surface area contributed by atoms with Gasteiger partial charge in [0.2, 0.25) is 0 Å². The summed E-state index contributed by atoms with van der Waals surface area (Å²) >= 11 is 0. The van der Waals surface area contributed by atoms with Gasteiger partial charge in [-0.3, -0.25) is 0 Å². The van der Waals surface area contributed by atoms with E-state index in [-0.39, 0.29) is 11.1 Å². The van der Waals surface area contributed by atoms with Crippen LogP contribution in [0, 0.1) is 0 Å². The van der Waals surface area contributed by atoms with Gasteiger partial charge in [0, 0.05) is 0 Å². The van der Waals surface area contributed by atoms with Crippen molar-refractivity contribution in [2.24, 2.45) is 0 Å². The van der Waals surface area contributed by atoms with Crippen molar-refractivity contribution < 1.29 is 19.8 Å². The zero-order valence-electron chi connectivity index (χ0n) is 9.43. The maximum Gasteiger partial charge on any atom is 0.336 e. The third kappa shape index (κ3) is 4.59. The highest BCUT2D eigenvalue weighted by molar-refractivity contribution is 6.02. The largest absolute Gasteiger partial charge is 0.478 e. The molecule has 0 aliphatic carbocycles. The lowest BCUT2D eigenvalue weighted by atomic mass is 10.1. The van der Waals surface area contributed by atoms with Crippen molar-refractivity contribution in [2.45, 2.75) is 26.7 Å². The fourth-order valence-electron chi connectivity index (χ4n) is 1.02. The minimum atomic E-state index is -1.23. The summed E-state index contributed by atoms with van der Waals surface area (Å²) in [6.45, 7) is 3.69. The van der Waals surface area contributed by atoms with Crippen LogP contribution in [0.4, 0.5) is 0 Å². The van der Waals surface area contributed by atoms with Crippen molar-refractivity contribution in [2.75, 3.05) is 0 Å². The molecule has 4 nitrogen and oxygen atoms in total. The van der Waals surface area contributed by atoms with E-state index < -0.39 is 11.9 Å². The Bertz CT molecular complexity index is 314. The molecule has 0 rings (SSSR count). The molecule has 0 aliphatic heterocycles. The Balaban J connectivity index is 5.44. The summed E-state index contributed by atoms with van der Waals surface area (Å²) < 4.78 is 0. The number of allylic oxidation sites excluding steroid dienone is 2. The van der Waals surface area contributed by atoms with Crippen molar-refractivity contribution >= 4 is 11.9 Å². The smallest absolute Gasteiger partial charge is 0.336 e. The molecule has 0 aromatic rings. The second-order valence-electron chi connectivity index (χ2n) is 3.06. The molecule has 0 aromatic heterocycles. The molecular formula is C12H16O4. The normalized spacial score (nSPS) is 13.1. The first-order valence-electron chi connectivity index (χ1n) is 5.08. The highest BCUT2D eigenvalue weighted by atomic mass is 16.4. The van der Waals surface area contributed by atoms with E-state index in [0.717, 1.165) is 0 Å². The molecule has 16 heavy (non-hydrogen) atoms. The van der Waals surface area contributed by atoms with E-state index >= 15 is 0 Å². The van der Waals surface area contributed by atoms with Gasteiger partial charge in [-0.2, -0.15) is 0 Å². The highest BCUT2D eigenvalue weighted by Crippen LogP contribution is 2.10. The lowest BCUT2D eigenvalue weighted by Gasteiger charge is -2.00. The lowest BCUT2D eigenvalue weighted by molar-refractivity contribution is -0.135. The zero-order chi connectivity index (χ0) is 12.6. The molecule has 4 heteroatoms. The number of carboxylic acid groups (broad SMARTS) is 2. The quantitative estimate of drug-likeness (QED) is 0.536. The molecule has 0 saturated heterocycles. The van der Waals surface area contributed by atoms with E-state index in [2.05, 4.69) is 0 Å². The minimum Gasteiger partial charge on any atom is -0.478 e. The maximum absolute atomic E-state index is 10.9. The van der Waals surface area contributed by atoms with Gasteiger partial charge < -0.3 is 10.2 Å². The molecule has 0 saturated carbocycles. The molecule has 0 fully saturated rings. The molecule has 0 aromatic carbocycles. The van der Waals surface area contributed by atoms with Crippen molar-refractivity contribution in [1.29, 1.82) is 0 Å². The molecule has 0 bridgehead atoms. The fourth-order valence-corrected chi connectivity index (χ4v) is 1.02. The van der Waals surface area contributed by atoms with Crippen LogP contribution in [0.3, 0.4) is 0 Å². The standard InChI is InChI=1S/C12H16O4/c1-3-5-7-9(11(13)14)10(12(15)16)8-6-4-2/h5-8H,3-4H2,1-2H3,(H,13,14)(H,15,16). The van der Waals surface area contributed by atoms with Crippen LogP contribution in [0.5, 0.6) is 0 Å². The van der Waals surface area contributed by atoms with Crippen LogP contribution in [0.25, 0.3) is 0 Å².